The Bertz CT molecular complexity index is 1050. The molecule has 0 saturated carbocycles. The summed E-state index contributed by atoms with van der Waals surface area (Å²) in [6.07, 6.45) is -0.893. The number of fused-ring (bicyclic) bond motifs is 1. The molecule has 0 radical (unpaired) electrons. The molecule has 0 bridgehead atoms. The third-order valence-electron chi connectivity index (χ3n) is 4.06. The van der Waals surface area contributed by atoms with E-state index >= 15 is 0 Å². The highest BCUT2D eigenvalue weighted by Gasteiger charge is 2.28. The van der Waals surface area contributed by atoms with Crippen molar-refractivity contribution in [2.75, 3.05) is 12.4 Å². The van der Waals surface area contributed by atoms with Crippen LogP contribution in [0.2, 0.25) is 0 Å². The Morgan fingerprint density at radius 1 is 1.14 bits per heavy atom. The number of amides is 2. The molecule has 8 nitrogen and oxygen atoms in total. The fraction of sp³-hybridized carbons (Fsp3) is 0.200. The van der Waals surface area contributed by atoms with Crippen LogP contribution in [0.1, 0.15) is 5.56 Å². The highest BCUT2D eigenvalue weighted by Crippen LogP contribution is 2.31. The second-order valence-corrected chi connectivity index (χ2v) is 7.23. The van der Waals surface area contributed by atoms with E-state index < -0.39 is 17.9 Å². The number of hydrogen-bond acceptors (Lipinski definition) is 8. The number of carbonyl (C=O) groups excluding carboxylic acids is 2. The van der Waals surface area contributed by atoms with Gasteiger partial charge in [0.05, 0.1) is 5.75 Å². The minimum Gasteiger partial charge on any atom is -0.485 e. The number of carbonyl (C=O) groups is 2. The summed E-state index contributed by atoms with van der Waals surface area (Å²) in [4.78, 5) is 24.4. The van der Waals surface area contributed by atoms with E-state index in [0.29, 0.717) is 17.4 Å². The zero-order chi connectivity index (χ0) is 20.2. The lowest BCUT2D eigenvalue weighted by Crippen LogP contribution is -2.46. The van der Waals surface area contributed by atoms with Gasteiger partial charge in [-0.2, -0.15) is 0 Å². The standard InChI is InChI=1S/C20H17N3O5S/c1-12-5-4-6-13(9-12)19-22-23-20(28-19)29-11-17(24)21-18(25)16-10-26-14-7-2-3-8-15(14)27-16/h2-9,16H,10-11H2,1H3,(H,21,24,25)/t16-/m1/s1. The van der Waals surface area contributed by atoms with E-state index in [2.05, 4.69) is 15.5 Å². The first-order valence-electron chi connectivity index (χ1n) is 8.84. The van der Waals surface area contributed by atoms with Crippen molar-refractivity contribution in [3.63, 3.8) is 0 Å². The molecule has 4 rings (SSSR count). The van der Waals surface area contributed by atoms with Gasteiger partial charge in [-0.15, -0.1) is 10.2 Å². The van der Waals surface area contributed by atoms with Crippen LogP contribution in [0.4, 0.5) is 0 Å². The number of ether oxygens (including phenoxy) is 2. The van der Waals surface area contributed by atoms with Crippen LogP contribution in [0.5, 0.6) is 11.5 Å². The van der Waals surface area contributed by atoms with E-state index in [0.717, 1.165) is 22.9 Å². The Morgan fingerprint density at radius 2 is 1.97 bits per heavy atom. The molecule has 1 atom stereocenters. The van der Waals surface area contributed by atoms with Gasteiger partial charge in [0, 0.05) is 5.56 Å². The Hall–Kier alpha value is -3.33. The number of aryl methyl sites for hydroxylation is 1. The molecule has 1 aliphatic heterocycles. The topological polar surface area (TPSA) is 104 Å². The number of nitrogens with one attached hydrogen (secondary N) is 1. The van der Waals surface area contributed by atoms with Gasteiger partial charge in [0.15, 0.2) is 11.5 Å². The molecule has 0 spiro atoms. The Kier molecular flexibility index (Phi) is 5.48. The summed E-state index contributed by atoms with van der Waals surface area (Å²) in [6, 6.07) is 14.7. The number of benzene rings is 2. The van der Waals surface area contributed by atoms with Crippen LogP contribution < -0.4 is 14.8 Å². The first-order chi connectivity index (χ1) is 14.1. The number of nitrogens with zero attached hydrogens (tertiary/aromatic N) is 2. The quantitative estimate of drug-likeness (QED) is 0.639. The van der Waals surface area contributed by atoms with E-state index in [9.17, 15) is 9.59 Å². The molecule has 1 aliphatic rings. The summed E-state index contributed by atoms with van der Waals surface area (Å²) < 4.78 is 16.6. The number of thioether (sulfide) groups is 1. The van der Waals surface area contributed by atoms with Crippen LogP contribution in [0.15, 0.2) is 58.2 Å². The maximum Gasteiger partial charge on any atom is 0.277 e. The summed E-state index contributed by atoms with van der Waals surface area (Å²) in [5.74, 6) is 0.313. The largest absolute Gasteiger partial charge is 0.485 e. The van der Waals surface area contributed by atoms with Crippen molar-refractivity contribution in [2.24, 2.45) is 0 Å². The zero-order valence-electron chi connectivity index (χ0n) is 15.5. The number of hydrogen-bond donors (Lipinski definition) is 1. The summed E-state index contributed by atoms with van der Waals surface area (Å²) in [5.41, 5.74) is 1.88. The molecule has 1 aromatic heterocycles. The van der Waals surface area contributed by atoms with Gasteiger partial charge in [0.25, 0.3) is 11.1 Å². The number of para-hydroxylation sites is 2. The van der Waals surface area contributed by atoms with Crippen LogP contribution in [0, 0.1) is 6.92 Å². The fourth-order valence-electron chi connectivity index (χ4n) is 2.69. The van der Waals surface area contributed by atoms with E-state index in [-0.39, 0.29) is 17.6 Å². The van der Waals surface area contributed by atoms with Crippen molar-refractivity contribution in [2.45, 2.75) is 18.3 Å². The van der Waals surface area contributed by atoms with Crippen LogP contribution in [-0.4, -0.2) is 40.5 Å². The maximum absolute atomic E-state index is 12.3. The molecule has 148 valence electrons. The van der Waals surface area contributed by atoms with E-state index in [1.807, 2.05) is 37.3 Å². The zero-order valence-corrected chi connectivity index (χ0v) is 16.3. The molecular formula is C20H17N3O5S. The Morgan fingerprint density at radius 3 is 2.79 bits per heavy atom. The van der Waals surface area contributed by atoms with Crippen LogP contribution in [0.25, 0.3) is 11.5 Å². The van der Waals surface area contributed by atoms with E-state index in [4.69, 9.17) is 13.9 Å². The van der Waals surface area contributed by atoms with Gasteiger partial charge in [-0.3, -0.25) is 14.9 Å². The van der Waals surface area contributed by atoms with Crippen molar-refractivity contribution in [1.29, 1.82) is 0 Å². The predicted molar refractivity (Wildman–Crippen MR) is 105 cm³/mol. The molecule has 1 N–H and O–H groups in total. The summed E-state index contributed by atoms with van der Waals surface area (Å²) in [6.45, 7) is 2.00. The molecule has 2 heterocycles. The van der Waals surface area contributed by atoms with Gasteiger partial charge >= 0.3 is 0 Å². The van der Waals surface area contributed by atoms with Crippen molar-refractivity contribution in [3.8, 4) is 23.0 Å². The molecule has 0 saturated heterocycles. The Labute approximate surface area is 170 Å². The molecule has 3 aromatic rings. The van der Waals surface area contributed by atoms with Gasteiger partial charge in [-0.1, -0.05) is 41.6 Å². The molecule has 2 amide bonds. The molecule has 2 aromatic carbocycles. The van der Waals surface area contributed by atoms with Crippen molar-refractivity contribution >= 4 is 23.6 Å². The minimum atomic E-state index is -0.893. The SMILES string of the molecule is Cc1cccc(-c2nnc(SCC(=O)NC(=O)[C@H]3COc4ccccc4O3)o2)c1. The molecule has 0 unspecified atom stereocenters. The normalized spacial score (nSPS) is 15.0. The molecule has 9 heteroatoms. The number of rotatable bonds is 5. The summed E-state index contributed by atoms with van der Waals surface area (Å²) in [5, 5.41) is 10.5. The summed E-state index contributed by atoms with van der Waals surface area (Å²) >= 11 is 1.05. The van der Waals surface area contributed by atoms with E-state index in [1.54, 1.807) is 18.2 Å². The lowest BCUT2D eigenvalue weighted by molar-refractivity contribution is -0.135. The highest BCUT2D eigenvalue weighted by molar-refractivity contribution is 7.99. The first kappa shape index (κ1) is 19.0. The van der Waals surface area contributed by atoms with Crippen LogP contribution in [-0.2, 0) is 9.59 Å². The molecule has 29 heavy (non-hydrogen) atoms. The highest BCUT2D eigenvalue weighted by atomic mass is 32.2. The van der Waals surface area contributed by atoms with Gasteiger partial charge in [0.2, 0.25) is 17.9 Å². The maximum atomic E-state index is 12.3. The third-order valence-corrected chi connectivity index (χ3v) is 4.88. The summed E-state index contributed by atoms with van der Waals surface area (Å²) in [7, 11) is 0. The van der Waals surface area contributed by atoms with Crippen LogP contribution >= 0.6 is 11.8 Å². The van der Waals surface area contributed by atoms with Gasteiger partial charge in [-0.05, 0) is 31.2 Å². The lowest BCUT2D eigenvalue weighted by atomic mass is 10.1. The van der Waals surface area contributed by atoms with Gasteiger partial charge in [0.1, 0.15) is 6.61 Å². The smallest absolute Gasteiger partial charge is 0.277 e. The number of aromatic nitrogens is 2. The monoisotopic (exact) mass is 411 g/mol. The second-order valence-electron chi connectivity index (χ2n) is 6.31. The third kappa shape index (κ3) is 4.57. The van der Waals surface area contributed by atoms with Crippen LogP contribution in [0.3, 0.4) is 0 Å². The van der Waals surface area contributed by atoms with Crippen molar-refractivity contribution in [3.05, 3.63) is 54.1 Å². The average molecular weight is 411 g/mol. The lowest BCUT2D eigenvalue weighted by Gasteiger charge is -2.25. The number of imide groups is 1. The second kappa shape index (κ2) is 8.36. The van der Waals surface area contributed by atoms with Crippen molar-refractivity contribution in [1.82, 2.24) is 15.5 Å². The van der Waals surface area contributed by atoms with Gasteiger partial charge in [-0.25, -0.2) is 0 Å². The first-order valence-corrected chi connectivity index (χ1v) is 9.82. The molecule has 0 aliphatic carbocycles. The van der Waals surface area contributed by atoms with Crippen molar-refractivity contribution < 1.29 is 23.5 Å². The fourth-order valence-corrected chi connectivity index (χ4v) is 3.26. The predicted octanol–water partition coefficient (Wildman–Crippen LogP) is 2.62. The molecular weight excluding hydrogens is 394 g/mol. The average Bonchev–Trinajstić information content (AvgIpc) is 3.21. The Balaban J connectivity index is 1.29. The van der Waals surface area contributed by atoms with E-state index in [1.165, 1.54) is 0 Å². The molecule has 0 fully saturated rings. The van der Waals surface area contributed by atoms with Gasteiger partial charge < -0.3 is 13.9 Å². The minimum absolute atomic E-state index is 0.0345.